The molecule has 0 spiro atoms. The summed E-state index contributed by atoms with van der Waals surface area (Å²) in [5.74, 6) is -0.898. The number of carboxylic acids is 1. The van der Waals surface area contributed by atoms with E-state index in [-0.39, 0.29) is 6.03 Å². The second kappa shape index (κ2) is 5.77. The molecule has 1 aliphatic heterocycles. The van der Waals surface area contributed by atoms with Crippen molar-refractivity contribution in [1.29, 1.82) is 0 Å². The highest BCUT2D eigenvalue weighted by molar-refractivity contribution is 5.86. The third kappa shape index (κ3) is 3.18. The Kier molecular flexibility index (Phi) is 4.29. The molecule has 1 saturated heterocycles. The zero-order valence-corrected chi connectivity index (χ0v) is 11.5. The van der Waals surface area contributed by atoms with E-state index in [0.29, 0.717) is 25.9 Å². The van der Waals surface area contributed by atoms with Gasteiger partial charge in [-0.05, 0) is 32.9 Å². The van der Waals surface area contributed by atoms with Crippen LogP contribution in [0.2, 0.25) is 0 Å². The number of aliphatic carboxylic acids is 1. The second-order valence-electron chi connectivity index (χ2n) is 5.67. The summed E-state index contributed by atoms with van der Waals surface area (Å²) in [5.41, 5.74) is -1.03. The van der Waals surface area contributed by atoms with E-state index in [4.69, 9.17) is 0 Å². The van der Waals surface area contributed by atoms with Gasteiger partial charge in [0.2, 0.25) is 0 Å². The molecule has 19 heavy (non-hydrogen) atoms. The van der Waals surface area contributed by atoms with Crippen molar-refractivity contribution >= 4 is 12.0 Å². The zero-order valence-electron chi connectivity index (χ0n) is 11.5. The summed E-state index contributed by atoms with van der Waals surface area (Å²) < 4.78 is 0. The molecular weight excluding hydrogens is 246 g/mol. The molecule has 0 bridgehead atoms. The highest BCUT2D eigenvalue weighted by atomic mass is 16.4. The van der Waals surface area contributed by atoms with E-state index in [1.807, 2.05) is 7.05 Å². The van der Waals surface area contributed by atoms with Crippen molar-refractivity contribution in [3.05, 3.63) is 0 Å². The van der Waals surface area contributed by atoms with E-state index < -0.39 is 11.5 Å². The summed E-state index contributed by atoms with van der Waals surface area (Å²) in [6.07, 6.45) is 3.76. The molecule has 0 unspecified atom stereocenters. The van der Waals surface area contributed by atoms with Gasteiger partial charge in [-0.25, -0.2) is 9.59 Å². The predicted molar refractivity (Wildman–Crippen MR) is 71.1 cm³/mol. The number of carboxylic acid groups (broad SMARTS) is 1. The van der Waals surface area contributed by atoms with Crippen LogP contribution in [0, 0.1) is 0 Å². The smallest absolute Gasteiger partial charge is 0.329 e. The Labute approximate surface area is 113 Å². The standard InChI is InChI=1S/C13H23N3O3/c1-15-7-4-8-16(10-9-15)12(19)14-13(11(17)18)5-2-3-6-13/h2-10H2,1H3,(H,14,19)(H,17,18). The van der Waals surface area contributed by atoms with Crippen molar-refractivity contribution in [3.8, 4) is 0 Å². The Balaban J connectivity index is 1.97. The van der Waals surface area contributed by atoms with Gasteiger partial charge in [0.25, 0.3) is 0 Å². The number of rotatable bonds is 2. The van der Waals surface area contributed by atoms with Gasteiger partial charge in [0.05, 0.1) is 0 Å². The van der Waals surface area contributed by atoms with E-state index in [0.717, 1.165) is 32.4 Å². The largest absolute Gasteiger partial charge is 0.480 e. The third-order valence-corrected chi connectivity index (χ3v) is 4.22. The molecule has 1 heterocycles. The van der Waals surface area contributed by atoms with Gasteiger partial charge in [-0.3, -0.25) is 0 Å². The number of nitrogens with zero attached hydrogens (tertiary/aromatic N) is 2. The van der Waals surface area contributed by atoms with E-state index in [1.54, 1.807) is 4.90 Å². The molecular formula is C13H23N3O3. The fourth-order valence-electron chi connectivity index (χ4n) is 2.90. The summed E-state index contributed by atoms with van der Waals surface area (Å²) >= 11 is 0. The molecule has 2 aliphatic rings. The number of hydrogen-bond donors (Lipinski definition) is 2. The summed E-state index contributed by atoms with van der Waals surface area (Å²) in [7, 11) is 2.04. The molecule has 0 aromatic heterocycles. The normalized spacial score (nSPS) is 23.9. The molecule has 2 amide bonds. The monoisotopic (exact) mass is 269 g/mol. The first kappa shape index (κ1) is 14.1. The van der Waals surface area contributed by atoms with Crippen LogP contribution in [0.1, 0.15) is 32.1 Å². The topological polar surface area (TPSA) is 72.9 Å². The van der Waals surface area contributed by atoms with Crippen molar-refractivity contribution in [2.75, 3.05) is 33.2 Å². The van der Waals surface area contributed by atoms with E-state index in [1.165, 1.54) is 0 Å². The van der Waals surface area contributed by atoms with Gasteiger partial charge in [0.15, 0.2) is 0 Å². The van der Waals surface area contributed by atoms with E-state index in [2.05, 4.69) is 10.2 Å². The Morgan fingerprint density at radius 3 is 2.37 bits per heavy atom. The Morgan fingerprint density at radius 2 is 1.74 bits per heavy atom. The number of amides is 2. The first-order valence-electron chi connectivity index (χ1n) is 7.02. The maximum atomic E-state index is 12.3. The predicted octanol–water partition coefficient (Wildman–Crippen LogP) is 0.731. The fraction of sp³-hybridized carbons (Fsp3) is 0.846. The van der Waals surface area contributed by atoms with Crippen molar-refractivity contribution < 1.29 is 14.7 Å². The second-order valence-corrected chi connectivity index (χ2v) is 5.67. The number of urea groups is 1. The van der Waals surface area contributed by atoms with Gasteiger partial charge in [-0.15, -0.1) is 0 Å². The van der Waals surface area contributed by atoms with Gasteiger partial charge in [-0.1, -0.05) is 12.8 Å². The first-order valence-corrected chi connectivity index (χ1v) is 7.02. The highest BCUT2D eigenvalue weighted by Gasteiger charge is 2.43. The van der Waals surface area contributed by atoms with Crippen LogP contribution < -0.4 is 5.32 Å². The number of nitrogens with one attached hydrogen (secondary N) is 1. The molecule has 1 aliphatic carbocycles. The lowest BCUT2D eigenvalue weighted by molar-refractivity contribution is -0.144. The van der Waals surface area contributed by atoms with Gasteiger partial charge in [0, 0.05) is 19.6 Å². The minimum absolute atomic E-state index is 0.223. The molecule has 108 valence electrons. The van der Waals surface area contributed by atoms with Gasteiger partial charge >= 0.3 is 12.0 Å². The SMILES string of the molecule is CN1CCCN(C(=O)NC2(C(=O)O)CCCC2)CC1. The minimum Gasteiger partial charge on any atom is -0.480 e. The summed E-state index contributed by atoms with van der Waals surface area (Å²) in [6.45, 7) is 3.19. The quantitative estimate of drug-likeness (QED) is 0.775. The van der Waals surface area contributed by atoms with Crippen LogP contribution in [0.5, 0.6) is 0 Å². The zero-order chi connectivity index (χ0) is 13.9. The summed E-state index contributed by atoms with van der Waals surface area (Å²) in [5, 5.41) is 12.1. The maximum Gasteiger partial charge on any atom is 0.329 e. The van der Waals surface area contributed by atoms with Crippen molar-refractivity contribution in [1.82, 2.24) is 15.1 Å². The number of likely N-dealkylation sites (N-methyl/N-ethyl adjacent to an activating group) is 1. The number of carbonyl (C=O) groups is 2. The van der Waals surface area contributed by atoms with E-state index in [9.17, 15) is 14.7 Å². The Hall–Kier alpha value is -1.30. The van der Waals surface area contributed by atoms with Gasteiger partial charge in [-0.2, -0.15) is 0 Å². The van der Waals surface area contributed by atoms with Crippen LogP contribution in [0.25, 0.3) is 0 Å². The lowest BCUT2D eigenvalue weighted by Gasteiger charge is -2.29. The lowest BCUT2D eigenvalue weighted by atomic mass is 9.98. The molecule has 0 aromatic carbocycles. The fourth-order valence-corrected chi connectivity index (χ4v) is 2.90. The van der Waals surface area contributed by atoms with Crippen molar-refractivity contribution in [3.63, 3.8) is 0 Å². The third-order valence-electron chi connectivity index (χ3n) is 4.22. The molecule has 2 N–H and O–H groups in total. The maximum absolute atomic E-state index is 12.3. The van der Waals surface area contributed by atoms with Gasteiger partial charge < -0.3 is 20.2 Å². The van der Waals surface area contributed by atoms with E-state index >= 15 is 0 Å². The highest BCUT2D eigenvalue weighted by Crippen LogP contribution is 2.30. The first-order chi connectivity index (χ1) is 9.03. The summed E-state index contributed by atoms with van der Waals surface area (Å²) in [4.78, 5) is 27.6. The molecule has 0 aromatic rings. The van der Waals surface area contributed by atoms with Crippen LogP contribution >= 0.6 is 0 Å². The van der Waals surface area contributed by atoms with Crippen LogP contribution in [0.3, 0.4) is 0 Å². The Bertz CT molecular complexity index is 353. The number of carbonyl (C=O) groups excluding carboxylic acids is 1. The Morgan fingerprint density at radius 1 is 1.05 bits per heavy atom. The van der Waals surface area contributed by atoms with Crippen molar-refractivity contribution in [2.45, 2.75) is 37.6 Å². The molecule has 6 nitrogen and oxygen atoms in total. The minimum atomic E-state index is -1.03. The van der Waals surface area contributed by atoms with Gasteiger partial charge in [0.1, 0.15) is 5.54 Å². The molecule has 0 radical (unpaired) electrons. The van der Waals surface area contributed by atoms with Crippen LogP contribution in [0.15, 0.2) is 0 Å². The number of hydrogen-bond acceptors (Lipinski definition) is 3. The van der Waals surface area contributed by atoms with Crippen LogP contribution in [-0.4, -0.2) is 65.7 Å². The molecule has 6 heteroatoms. The average Bonchev–Trinajstić information content (AvgIpc) is 2.72. The van der Waals surface area contributed by atoms with Crippen LogP contribution in [-0.2, 0) is 4.79 Å². The molecule has 0 atom stereocenters. The molecule has 2 rings (SSSR count). The molecule has 1 saturated carbocycles. The van der Waals surface area contributed by atoms with Crippen molar-refractivity contribution in [2.24, 2.45) is 0 Å². The lowest BCUT2D eigenvalue weighted by Crippen LogP contribution is -2.56. The molecule has 2 fully saturated rings. The van der Waals surface area contributed by atoms with Crippen LogP contribution in [0.4, 0.5) is 4.79 Å². The average molecular weight is 269 g/mol. The summed E-state index contributed by atoms with van der Waals surface area (Å²) in [6, 6.07) is -0.223.